The van der Waals surface area contributed by atoms with Crippen LogP contribution in [-0.2, 0) is 10.2 Å². The van der Waals surface area contributed by atoms with Crippen LogP contribution in [0.2, 0.25) is 0 Å². The van der Waals surface area contributed by atoms with Crippen LogP contribution < -0.4 is 0 Å². The fourth-order valence-electron chi connectivity index (χ4n) is 1.32. The van der Waals surface area contributed by atoms with E-state index in [4.69, 9.17) is 4.74 Å². The van der Waals surface area contributed by atoms with Gasteiger partial charge in [0.25, 0.3) is 0 Å². The molecule has 0 saturated carbocycles. The molecule has 0 spiro atoms. The quantitative estimate of drug-likeness (QED) is 0.680. The lowest BCUT2D eigenvalue weighted by molar-refractivity contribution is 0.0504. The van der Waals surface area contributed by atoms with Gasteiger partial charge in [-0.15, -0.1) is 0 Å². The number of carbonyl (C=O) groups is 1. The second kappa shape index (κ2) is 3.92. The van der Waals surface area contributed by atoms with Crippen molar-refractivity contribution < 1.29 is 9.53 Å². The molecule has 1 heterocycles. The average molecular weight is 224 g/mol. The summed E-state index contributed by atoms with van der Waals surface area (Å²) in [6.45, 7) is 11.6. The van der Waals surface area contributed by atoms with Gasteiger partial charge in [-0.25, -0.2) is 4.79 Å². The molecule has 1 rings (SSSR count). The monoisotopic (exact) mass is 224 g/mol. The first-order valence-electron chi connectivity index (χ1n) is 5.39. The first kappa shape index (κ1) is 12.7. The Morgan fingerprint density at radius 3 is 2.25 bits per heavy atom. The topological polar surface area (TPSA) is 44.1 Å². The Balaban J connectivity index is 2.98. The molecular weight excluding hydrogens is 204 g/mol. The van der Waals surface area contributed by atoms with Crippen LogP contribution in [0.25, 0.3) is 0 Å². The number of nitrogens with zero attached hydrogens (tertiary/aromatic N) is 2. The minimum absolute atomic E-state index is 0.132. The lowest BCUT2D eigenvalue weighted by atomic mass is 9.92. The van der Waals surface area contributed by atoms with Crippen LogP contribution in [0.4, 0.5) is 4.79 Å². The van der Waals surface area contributed by atoms with E-state index >= 15 is 0 Å². The summed E-state index contributed by atoms with van der Waals surface area (Å²) in [4.78, 5) is 11.9. The van der Waals surface area contributed by atoms with Crippen molar-refractivity contribution in [3.63, 3.8) is 0 Å². The average Bonchev–Trinajstić information content (AvgIpc) is 2.45. The van der Waals surface area contributed by atoms with Crippen molar-refractivity contribution in [2.45, 2.75) is 52.6 Å². The summed E-state index contributed by atoms with van der Waals surface area (Å²) in [5.74, 6) is 0. The summed E-state index contributed by atoms with van der Waals surface area (Å²) in [6, 6.07) is 1.84. The van der Waals surface area contributed by atoms with Crippen molar-refractivity contribution in [3.05, 3.63) is 18.0 Å². The molecule has 0 aromatic carbocycles. The Labute approximate surface area is 96.6 Å². The van der Waals surface area contributed by atoms with Gasteiger partial charge >= 0.3 is 6.09 Å². The Morgan fingerprint density at radius 2 is 1.81 bits per heavy atom. The summed E-state index contributed by atoms with van der Waals surface area (Å²) in [5.41, 5.74) is 0.216. The highest BCUT2D eigenvalue weighted by Crippen LogP contribution is 2.22. The van der Waals surface area contributed by atoms with E-state index in [9.17, 15) is 4.79 Å². The number of ether oxygens (including phenoxy) is 1. The van der Waals surface area contributed by atoms with Crippen molar-refractivity contribution in [2.24, 2.45) is 0 Å². The van der Waals surface area contributed by atoms with Gasteiger partial charge in [-0.3, -0.25) is 0 Å². The van der Waals surface area contributed by atoms with Crippen molar-refractivity contribution in [3.8, 4) is 0 Å². The zero-order valence-electron chi connectivity index (χ0n) is 10.9. The molecule has 0 saturated heterocycles. The first-order chi connectivity index (χ1) is 7.11. The molecule has 0 aliphatic heterocycles. The third-order valence-electron chi connectivity index (χ3n) is 1.98. The zero-order chi connectivity index (χ0) is 12.6. The molecule has 0 amide bonds. The van der Waals surface area contributed by atoms with E-state index in [2.05, 4.69) is 5.10 Å². The molecule has 4 nitrogen and oxygen atoms in total. The van der Waals surface area contributed by atoms with E-state index < -0.39 is 11.7 Å². The second-order valence-corrected chi connectivity index (χ2v) is 5.86. The fourth-order valence-corrected chi connectivity index (χ4v) is 1.32. The van der Waals surface area contributed by atoms with E-state index in [-0.39, 0.29) is 5.41 Å². The molecule has 0 unspecified atom stereocenters. The fraction of sp³-hybridized carbons (Fsp3) is 0.667. The van der Waals surface area contributed by atoms with E-state index in [1.807, 2.05) is 47.6 Å². The zero-order valence-corrected chi connectivity index (χ0v) is 10.9. The van der Waals surface area contributed by atoms with Crippen LogP contribution in [0.5, 0.6) is 0 Å². The van der Waals surface area contributed by atoms with Crippen LogP contribution >= 0.6 is 0 Å². The molecule has 1 aromatic rings. The van der Waals surface area contributed by atoms with Crippen LogP contribution in [0.15, 0.2) is 12.3 Å². The molecule has 1 aromatic heterocycles. The number of carbonyl (C=O) groups excluding carboxylic acids is 1. The molecule has 0 radical (unpaired) electrons. The Kier molecular flexibility index (Phi) is 3.13. The number of rotatable bonds is 0. The van der Waals surface area contributed by atoms with E-state index in [0.717, 1.165) is 5.69 Å². The van der Waals surface area contributed by atoms with E-state index in [1.165, 1.54) is 4.68 Å². The van der Waals surface area contributed by atoms with Crippen molar-refractivity contribution in [1.82, 2.24) is 9.78 Å². The van der Waals surface area contributed by atoms with E-state index in [0.29, 0.717) is 0 Å². The van der Waals surface area contributed by atoms with Gasteiger partial charge in [0.1, 0.15) is 5.60 Å². The molecule has 0 atom stereocenters. The van der Waals surface area contributed by atoms with Crippen molar-refractivity contribution in [1.29, 1.82) is 0 Å². The summed E-state index contributed by atoms with van der Waals surface area (Å²) in [5, 5.41) is 4.01. The van der Waals surface area contributed by atoms with Crippen molar-refractivity contribution in [2.75, 3.05) is 0 Å². The normalized spacial score (nSPS) is 12.6. The van der Waals surface area contributed by atoms with Crippen LogP contribution in [0, 0.1) is 0 Å². The van der Waals surface area contributed by atoms with Gasteiger partial charge < -0.3 is 4.74 Å². The summed E-state index contributed by atoms with van der Waals surface area (Å²) in [7, 11) is 0. The predicted molar refractivity (Wildman–Crippen MR) is 62.6 cm³/mol. The molecule has 0 aliphatic carbocycles. The largest absolute Gasteiger partial charge is 0.442 e. The lowest BCUT2D eigenvalue weighted by Gasteiger charge is -2.23. The lowest BCUT2D eigenvalue weighted by Crippen LogP contribution is -2.31. The summed E-state index contributed by atoms with van der Waals surface area (Å²) in [6.07, 6.45) is 1.19. The van der Waals surface area contributed by atoms with Gasteiger partial charge in [-0.2, -0.15) is 9.78 Å². The SMILES string of the molecule is CC(C)(C)OC(=O)n1nccc1C(C)(C)C. The minimum atomic E-state index is -0.502. The maximum absolute atomic E-state index is 11.9. The third kappa shape index (κ3) is 3.08. The van der Waals surface area contributed by atoms with Gasteiger partial charge in [0.15, 0.2) is 0 Å². The molecule has 90 valence electrons. The number of aromatic nitrogens is 2. The summed E-state index contributed by atoms with van der Waals surface area (Å²) < 4.78 is 6.60. The maximum Gasteiger partial charge on any atom is 0.435 e. The highest BCUT2D eigenvalue weighted by atomic mass is 16.6. The Bertz CT molecular complexity index is 380. The van der Waals surface area contributed by atoms with Crippen LogP contribution in [0.3, 0.4) is 0 Å². The molecule has 16 heavy (non-hydrogen) atoms. The minimum Gasteiger partial charge on any atom is -0.442 e. The number of hydrogen-bond donors (Lipinski definition) is 0. The predicted octanol–water partition coefficient (Wildman–Crippen LogP) is 2.96. The Hall–Kier alpha value is -1.32. The van der Waals surface area contributed by atoms with Gasteiger partial charge in [0.05, 0.1) is 5.69 Å². The first-order valence-corrected chi connectivity index (χ1v) is 5.39. The smallest absolute Gasteiger partial charge is 0.435 e. The Morgan fingerprint density at radius 1 is 1.25 bits per heavy atom. The number of hydrogen-bond acceptors (Lipinski definition) is 3. The van der Waals surface area contributed by atoms with E-state index in [1.54, 1.807) is 6.20 Å². The molecule has 4 heteroatoms. The van der Waals surface area contributed by atoms with Crippen LogP contribution in [-0.4, -0.2) is 21.5 Å². The third-order valence-corrected chi connectivity index (χ3v) is 1.98. The van der Waals surface area contributed by atoms with Gasteiger partial charge in [-0.05, 0) is 26.8 Å². The van der Waals surface area contributed by atoms with Crippen LogP contribution in [0.1, 0.15) is 47.2 Å². The molecule has 0 aliphatic rings. The molecular formula is C12H20N2O2. The highest BCUT2D eigenvalue weighted by molar-refractivity contribution is 5.71. The maximum atomic E-state index is 11.9. The van der Waals surface area contributed by atoms with Gasteiger partial charge in [-0.1, -0.05) is 20.8 Å². The molecule has 0 bridgehead atoms. The highest BCUT2D eigenvalue weighted by Gasteiger charge is 2.25. The van der Waals surface area contributed by atoms with Gasteiger partial charge in [0, 0.05) is 11.6 Å². The molecule has 0 fully saturated rings. The summed E-state index contributed by atoms with van der Waals surface area (Å²) >= 11 is 0. The second-order valence-electron chi connectivity index (χ2n) is 5.86. The van der Waals surface area contributed by atoms with Crippen molar-refractivity contribution >= 4 is 6.09 Å². The standard InChI is InChI=1S/C12H20N2O2/c1-11(2,3)9-7-8-13-14(9)10(15)16-12(4,5)6/h7-8H,1-6H3. The molecule has 0 N–H and O–H groups in total. The van der Waals surface area contributed by atoms with Gasteiger partial charge in [0.2, 0.25) is 0 Å².